The lowest BCUT2D eigenvalue weighted by Crippen LogP contribution is -2.35. The van der Waals surface area contributed by atoms with Crippen LogP contribution in [0.4, 0.5) is 4.79 Å². The molecule has 0 heterocycles. The summed E-state index contributed by atoms with van der Waals surface area (Å²) in [7, 11) is 3.16. The van der Waals surface area contributed by atoms with Crippen molar-refractivity contribution in [2.24, 2.45) is 0 Å². The Morgan fingerprint density at radius 1 is 1.10 bits per heavy atom. The van der Waals surface area contributed by atoms with E-state index in [1.807, 2.05) is 39.0 Å². The van der Waals surface area contributed by atoms with E-state index in [4.69, 9.17) is 19.5 Å². The number of aryl methyl sites for hydroxylation is 1. The number of hydrogen-bond donors (Lipinski definition) is 1. The summed E-state index contributed by atoms with van der Waals surface area (Å²) in [5.74, 6) is 1.28. The van der Waals surface area contributed by atoms with Crippen molar-refractivity contribution < 1.29 is 23.8 Å². The summed E-state index contributed by atoms with van der Waals surface area (Å²) in [6, 6.07) is 7.70. The van der Waals surface area contributed by atoms with Crippen LogP contribution in [0.2, 0.25) is 0 Å². The number of alkyl carbamates (subject to hydrolysis) is 1. The van der Waals surface area contributed by atoms with E-state index < -0.39 is 11.7 Å². The number of rotatable bonds is 12. The SMILES string of the molecule is COc1ccc(CCC(=O)N(CCC#N)CCCCNC(=O)OC(C)(C)C)cc1OC. The molecule has 0 atom stereocenters. The molecule has 0 spiro atoms. The van der Waals surface area contributed by atoms with Crippen molar-refractivity contribution in [1.82, 2.24) is 10.2 Å². The van der Waals surface area contributed by atoms with E-state index in [1.54, 1.807) is 19.1 Å². The summed E-state index contributed by atoms with van der Waals surface area (Å²) < 4.78 is 15.7. The molecule has 1 rings (SSSR count). The Balaban J connectivity index is 2.48. The third-order valence-electron chi connectivity index (χ3n) is 4.44. The van der Waals surface area contributed by atoms with Gasteiger partial charge in [0.15, 0.2) is 11.5 Å². The molecule has 0 fully saturated rings. The first-order chi connectivity index (χ1) is 14.7. The maximum Gasteiger partial charge on any atom is 0.407 e. The van der Waals surface area contributed by atoms with Crippen molar-refractivity contribution in [3.63, 3.8) is 0 Å². The summed E-state index contributed by atoms with van der Waals surface area (Å²) >= 11 is 0. The van der Waals surface area contributed by atoms with Gasteiger partial charge in [0.05, 0.1) is 26.7 Å². The second kappa shape index (κ2) is 13.4. The predicted molar refractivity (Wildman–Crippen MR) is 118 cm³/mol. The van der Waals surface area contributed by atoms with Crippen LogP contribution < -0.4 is 14.8 Å². The van der Waals surface area contributed by atoms with Crippen molar-refractivity contribution in [2.75, 3.05) is 33.9 Å². The van der Waals surface area contributed by atoms with Crippen LogP contribution in [0.3, 0.4) is 0 Å². The van der Waals surface area contributed by atoms with Crippen LogP contribution in [0.25, 0.3) is 0 Å². The number of amides is 2. The van der Waals surface area contributed by atoms with Gasteiger partial charge in [-0.05, 0) is 57.7 Å². The van der Waals surface area contributed by atoms with Gasteiger partial charge in [0.2, 0.25) is 5.91 Å². The van der Waals surface area contributed by atoms with Crippen molar-refractivity contribution in [3.05, 3.63) is 23.8 Å². The Kier molecular flexibility index (Phi) is 11.3. The zero-order valence-electron chi connectivity index (χ0n) is 19.3. The van der Waals surface area contributed by atoms with E-state index in [-0.39, 0.29) is 12.3 Å². The zero-order valence-corrected chi connectivity index (χ0v) is 19.3. The quantitative estimate of drug-likeness (QED) is 0.505. The van der Waals surface area contributed by atoms with Gasteiger partial charge in [0.25, 0.3) is 0 Å². The zero-order chi connectivity index (χ0) is 23.3. The maximum atomic E-state index is 12.7. The minimum atomic E-state index is -0.529. The van der Waals surface area contributed by atoms with Crippen LogP contribution in [-0.4, -0.2) is 56.4 Å². The Morgan fingerprint density at radius 3 is 2.42 bits per heavy atom. The van der Waals surface area contributed by atoms with Crippen LogP contribution in [0.5, 0.6) is 11.5 Å². The number of benzene rings is 1. The normalized spacial score (nSPS) is 10.7. The number of nitrogens with one attached hydrogen (secondary N) is 1. The third-order valence-corrected chi connectivity index (χ3v) is 4.44. The summed E-state index contributed by atoms with van der Waals surface area (Å²) in [5, 5.41) is 11.6. The lowest BCUT2D eigenvalue weighted by molar-refractivity contribution is -0.131. The molecule has 1 N–H and O–H groups in total. The van der Waals surface area contributed by atoms with Gasteiger partial charge in [0.1, 0.15) is 5.60 Å². The number of hydrogen-bond acceptors (Lipinski definition) is 6. The molecular weight excluding hydrogens is 398 g/mol. The standard InChI is InChI=1S/C23H35N3O5/c1-23(2,3)31-22(28)25-14-6-7-15-26(16-8-13-24)21(27)12-10-18-9-11-19(29-4)20(17-18)30-5/h9,11,17H,6-8,10,12,14-16H2,1-5H3,(H,25,28). The first kappa shape index (κ1) is 26.1. The minimum Gasteiger partial charge on any atom is -0.493 e. The number of methoxy groups -OCH3 is 2. The number of nitriles is 1. The van der Waals surface area contributed by atoms with Crippen LogP contribution >= 0.6 is 0 Å². The monoisotopic (exact) mass is 433 g/mol. The lowest BCUT2D eigenvalue weighted by atomic mass is 10.1. The fourth-order valence-corrected chi connectivity index (χ4v) is 2.92. The predicted octanol–water partition coefficient (Wildman–Crippen LogP) is 3.68. The maximum absolute atomic E-state index is 12.7. The van der Waals surface area contributed by atoms with Gasteiger partial charge < -0.3 is 24.4 Å². The fourth-order valence-electron chi connectivity index (χ4n) is 2.92. The highest BCUT2D eigenvalue weighted by Crippen LogP contribution is 2.28. The molecule has 172 valence electrons. The smallest absolute Gasteiger partial charge is 0.407 e. The van der Waals surface area contributed by atoms with Crippen LogP contribution in [0.15, 0.2) is 18.2 Å². The average Bonchev–Trinajstić information content (AvgIpc) is 2.72. The summed E-state index contributed by atoms with van der Waals surface area (Å²) in [5.41, 5.74) is 0.450. The van der Waals surface area contributed by atoms with Gasteiger partial charge in [0, 0.05) is 26.1 Å². The molecular formula is C23H35N3O5. The molecule has 8 nitrogen and oxygen atoms in total. The minimum absolute atomic E-state index is 0.00476. The highest BCUT2D eigenvalue weighted by Gasteiger charge is 2.16. The van der Waals surface area contributed by atoms with Gasteiger partial charge >= 0.3 is 6.09 Å². The Hall–Kier alpha value is -2.95. The fraction of sp³-hybridized carbons (Fsp3) is 0.609. The van der Waals surface area contributed by atoms with Crippen molar-refractivity contribution in [1.29, 1.82) is 5.26 Å². The van der Waals surface area contributed by atoms with Gasteiger partial charge in [-0.2, -0.15) is 5.26 Å². The molecule has 0 aromatic heterocycles. The van der Waals surface area contributed by atoms with E-state index in [9.17, 15) is 9.59 Å². The van der Waals surface area contributed by atoms with Crippen LogP contribution in [0.1, 0.15) is 52.0 Å². The number of carbonyl (C=O) groups is 2. The average molecular weight is 434 g/mol. The summed E-state index contributed by atoms with van der Waals surface area (Å²) in [4.78, 5) is 26.1. The van der Waals surface area contributed by atoms with E-state index in [1.165, 1.54) is 0 Å². The van der Waals surface area contributed by atoms with Crippen LogP contribution in [0, 0.1) is 11.3 Å². The molecule has 0 aliphatic carbocycles. The number of unbranched alkanes of at least 4 members (excludes halogenated alkanes) is 1. The van der Waals surface area contributed by atoms with Crippen molar-refractivity contribution >= 4 is 12.0 Å². The topological polar surface area (TPSA) is 101 Å². The molecule has 0 saturated carbocycles. The van der Waals surface area contributed by atoms with Gasteiger partial charge in [-0.25, -0.2) is 4.79 Å². The van der Waals surface area contributed by atoms with Crippen LogP contribution in [-0.2, 0) is 16.0 Å². The van der Waals surface area contributed by atoms with E-state index in [0.717, 1.165) is 12.0 Å². The van der Waals surface area contributed by atoms with Crippen molar-refractivity contribution in [2.45, 2.75) is 58.5 Å². The number of carbonyl (C=O) groups excluding carboxylic acids is 2. The highest BCUT2D eigenvalue weighted by atomic mass is 16.6. The molecule has 0 bridgehead atoms. The molecule has 8 heteroatoms. The van der Waals surface area contributed by atoms with E-state index >= 15 is 0 Å². The molecule has 0 unspecified atom stereocenters. The van der Waals surface area contributed by atoms with Crippen molar-refractivity contribution in [3.8, 4) is 17.6 Å². The molecule has 31 heavy (non-hydrogen) atoms. The molecule has 1 aromatic carbocycles. The Labute approximate surface area is 185 Å². The molecule has 0 radical (unpaired) electrons. The van der Waals surface area contributed by atoms with Gasteiger partial charge in [-0.1, -0.05) is 6.07 Å². The van der Waals surface area contributed by atoms with Gasteiger partial charge in [-0.15, -0.1) is 0 Å². The first-order valence-corrected chi connectivity index (χ1v) is 10.5. The molecule has 0 saturated heterocycles. The summed E-state index contributed by atoms with van der Waals surface area (Å²) in [6.07, 6.45) is 2.20. The second-order valence-corrected chi connectivity index (χ2v) is 8.11. The highest BCUT2D eigenvalue weighted by molar-refractivity contribution is 5.76. The Bertz CT molecular complexity index is 753. The molecule has 0 aliphatic rings. The summed E-state index contributed by atoms with van der Waals surface area (Å²) in [6.45, 7) is 6.86. The number of ether oxygens (including phenoxy) is 3. The molecule has 2 amide bonds. The first-order valence-electron chi connectivity index (χ1n) is 10.5. The van der Waals surface area contributed by atoms with Gasteiger partial charge in [-0.3, -0.25) is 4.79 Å². The van der Waals surface area contributed by atoms with E-state index in [2.05, 4.69) is 11.4 Å². The largest absolute Gasteiger partial charge is 0.493 e. The molecule has 1 aromatic rings. The third kappa shape index (κ3) is 10.6. The second-order valence-electron chi connectivity index (χ2n) is 8.11. The van der Waals surface area contributed by atoms with E-state index in [0.29, 0.717) is 50.4 Å². The number of nitrogens with zero attached hydrogens (tertiary/aromatic N) is 2. The molecule has 0 aliphatic heterocycles. The lowest BCUT2D eigenvalue weighted by Gasteiger charge is -2.22. The Morgan fingerprint density at radius 2 is 1.81 bits per heavy atom.